The summed E-state index contributed by atoms with van der Waals surface area (Å²) >= 11 is 0. The van der Waals surface area contributed by atoms with Gasteiger partial charge in [-0.15, -0.1) is 0 Å². The van der Waals surface area contributed by atoms with E-state index in [0.29, 0.717) is 12.3 Å². The Labute approximate surface area is 179 Å². The Hall–Kier alpha value is -3.02. The molecular weight excluding hydrogens is 376 g/mol. The molecule has 0 bridgehead atoms. The zero-order chi connectivity index (χ0) is 21.2. The van der Waals surface area contributed by atoms with Gasteiger partial charge in [0.2, 0.25) is 0 Å². The van der Waals surface area contributed by atoms with Gasteiger partial charge < -0.3 is 20.7 Å². The van der Waals surface area contributed by atoms with Gasteiger partial charge in [0.15, 0.2) is 12.6 Å². The number of rotatable bonds is 8. The number of nitrogens with two attached hydrogens (primary N) is 1. The third-order valence-electron chi connectivity index (χ3n) is 5.31. The average Bonchev–Trinajstić information content (AvgIpc) is 2.77. The van der Waals surface area contributed by atoms with Crippen LogP contribution in [0.5, 0.6) is 5.75 Å². The molecule has 0 spiro atoms. The molecule has 160 valence electrons. The summed E-state index contributed by atoms with van der Waals surface area (Å²) in [6.07, 6.45) is 3.51. The van der Waals surface area contributed by atoms with E-state index in [9.17, 15) is 4.79 Å². The minimum atomic E-state index is -0.483. The van der Waals surface area contributed by atoms with Gasteiger partial charge >= 0.3 is 0 Å². The van der Waals surface area contributed by atoms with Crippen molar-refractivity contribution in [2.75, 3.05) is 26.2 Å². The Morgan fingerprint density at radius 2 is 1.87 bits per heavy atom. The van der Waals surface area contributed by atoms with Crippen LogP contribution in [0.4, 0.5) is 0 Å². The van der Waals surface area contributed by atoms with Gasteiger partial charge in [0.25, 0.3) is 5.91 Å². The largest absolute Gasteiger partial charge is 0.484 e. The Morgan fingerprint density at radius 1 is 1.13 bits per heavy atom. The molecule has 1 amide bonds. The minimum absolute atomic E-state index is 0.118. The van der Waals surface area contributed by atoms with Crippen LogP contribution in [-0.2, 0) is 17.8 Å². The fourth-order valence-corrected chi connectivity index (χ4v) is 3.78. The normalized spacial score (nSPS) is 15.1. The van der Waals surface area contributed by atoms with Gasteiger partial charge in [-0.25, -0.2) is 4.99 Å². The van der Waals surface area contributed by atoms with E-state index in [-0.39, 0.29) is 6.61 Å². The van der Waals surface area contributed by atoms with Crippen LogP contribution in [0.25, 0.3) is 0 Å². The number of benzene rings is 2. The van der Waals surface area contributed by atoms with E-state index in [0.717, 1.165) is 43.5 Å². The number of primary amides is 1. The highest BCUT2D eigenvalue weighted by Gasteiger charge is 2.21. The van der Waals surface area contributed by atoms with Crippen LogP contribution in [-0.4, -0.2) is 43.0 Å². The number of carbonyl (C=O) groups excluding carboxylic acids is 1. The molecule has 1 aliphatic heterocycles. The van der Waals surface area contributed by atoms with Gasteiger partial charge in [0.05, 0.1) is 6.54 Å². The number of nitrogens with one attached hydrogen (secondary N) is 1. The molecule has 6 nitrogen and oxygen atoms in total. The lowest BCUT2D eigenvalue weighted by Gasteiger charge is -2.34. The number of amides is 1. The number of hydrogen-bond donors (Lipinski definition) is 2. The number of nitrogens with zero attached hydrogens (tertiary/aromatic N) is 2. The number of carbonyl (C=O) groups is 1. The van der Waals surface area contributed by atoms with Crippen molar-refractivity contribution >= 4 is 11.9 Å². The van der Waals surface area contributed by atoms with E-state index < -0.39 is 5.91 Å². The highest BCUT2D eigenvalue weighted by molar-refractivity contribution is 5.80. The van der Waals surface area contributed by atoms with Crippen LogP contribution >= 0.6 is 0 Å². The molecule has 0 radical (unpaired) electrons. The summed E-state index contributed by atoms with van der Waals surface area (Å²) in [6, 6.07) is 18.4. The molecule has 3 rings (SSSR count). The molecule has 1 aliphatic rings. The SMILES string of the molecule is CCNC(=NCc1cccc(OCC(N)=O)c1)N1CCC(Cc2ccccc2)CC1. The van der Waals surface area contributed by atoms with E-state index in [1.165, 1.54) is 18.4 Å². The smallest absolute Gasteiger partial charge is 0.255 e. The molecule has 0 saturated carbocycles. The first kappa shape index (κ1) is 21.7. The van der Waals surface area contributed by atoms with Crippen LogP contribution in [0, 0.1) is 5.92 Å². The molecule has 1 heterocycles. The Bertz CT molecular complexity index is 830. The fraction of sp³-hybridized carbons (Fsp3) is 0.417. The molecule has 30 heavy (non-hydrogen) atoms. The lowest BCUT2D eigenvalue weighted by Crippen LogP contribution is -2.45. The number of guanidine groups is 1. The lowest BCUT2D eigenvalue weighted by atomic mass is 9.90. The van der Waals surface area contributed by atoms with Crippen molar-refractivity contribution in [1.82, 2.24) is 10.2 Å². The zero-order valence-electron chi connectivity index (χ0n) is 17.7. The third-order valence-corrected chi connectivity index (χ3v) is 5.31. The summed E-state index contributed by atoms with van der Waals surface area (Å²) in [5.74, 6) is 1.83. The standard InChI is InChI=1S/C24H32N4O2/c1-2-26-24(27-17-21-9-6-10-22(16-21)30-18-23(25)29)28-13-11-20(12-14-28)15-19-7-4-3-5-8-19/h3-10,16,20H,2,11-15,17-18H2,1H3,(H2,25,29)(H,26,27). The second-order valence-electron chi connectivity index (χ2n) is 7.69. The van der Waals surface area contributed by atoms with E-state index in [4.69, 9.17) is 15.5 Å². The maximum absolute atomic E-state index is 10.9. The first-order valence-electron chi connectivity index (χ1n) is 10.7. The Kier molecular flexibility index (Phi) is 8.12. The fourth-order valence-electron chi connectivity index (χ4n) is 3.78. The maximum Gasteiger partial charge on any atom is 0.255 e. The van der Waals surface area contributed by atoms with Crippen molar-refractivity contribution in [3.63, 3.8) is 0 Å². The van der Waals surface area contributed by atoms with Gasteiger partial charge in [-0.3, -0.25) is 4.79 Å². The monoisotopic (exact) mass is 408 g/mol. The van der Waals surface area contributed by atoms with E-state index in [1.807, 2.05) is 24.3 Å². The van der Waals surface area contributed by atoms with Gasteiger partial charge in [-0.2, -0.15) is 0 Å². The van der Waals surface area contributed by atoms with Crippen molar-refractivity contribution in [1.29, 1.82) is 0 Å². The van der Waals surface area contributed by atoms with Crippen molar-refractivity contribution < 1.29 is 9.53 Å². The average molecular weight is 409 g/mol. The van der Waals surface area contributed by atoms with Gasteiger partial charge in [-0.05, 0) is 55.4 Å². The number of likely N-dealkylation sites (tertiary alicyclic amines) is 1. The molecule has 0 unspecified atom stereocenters. The van der Waals surface area contributed by atoms with Gasteiger partial charge in [0.1, 0.15) is 5.75 Å². The van der Waals surface area contributed by atoms with E-state index in [1.54, 1.807) is 0 Å². The summed E-state index contributed by atoms with van der Waals surface area (Å²) in [4.78, 5) is 18.1. The third kappa shape index (κ3) is 6.79. The summed E-state index contributed by atoms with van der Waals surface area (Å²) < 4.78 is 5.39. The first-order chi connectivity index (χ1) is 14.6. The molecule has 2 aromatic carbocycles. The topological polar surface area (TPSA) is 80.0 Å². The highest BCUT2D eigenvalue weighted by atomic mass is 16.5. The Morgan fingerprint density at radius 3 is 2.57 bits per heavy atom. The maximum atomic E-state index is 10.9. The molecular formula is C24H32N4O2. The number of piperidine rings is 1. The number of hydrogen-bond acceptors (Lipinski definition) is 3. The molecule has 1 fully saturated rings. The second kappa shape index (κ2) is 11.2. The van der Waals surface area contributed by atoms with Crippen LogP contribution < -0.4 is 15.8 Å². The van der Waals surface area contributed by atoms with Crippen molar-refractivity contribution in [2.24, 2.45) is 16.6 Å². The first-order valence-corrected chi connectivity index (χ1v) is 10.7. The molecule has 0 aromatic heterocycles. The van der Waals surface area contributed by atoms with Crippen molar-refractivity contribution in [3.05, 3.63) is 65.7 Å². The van der Waals surface area contributed by atoms with Gasteiger partial charge in [-0.1, -0.05) is 42.5 Å². The van der Waals surface area contributed by atoms with E-state index >= 15 is 0 Å². The summed E-state index contributed by atoms with van der Waals surface area (Å²) in [7, 11) is 0. The van der Waals surface area contributed by atoms with Crippen LogP contribution in [0.3, 0.4) is 0 Å². The molecule has 6 heteroatoms. The Balaban J connectivity index is 1.56. The predicted molar refractivity (Wildman–Crippen MR) is 120 cm³/mol. The zero-order valence-corrected chi connectivity index (χ0v) is 17.7. The lowest BCUT2D eigenvalue weighted by molar-refractivity contribution is -0.119. The summed E-state index contributed by atoms with van der Waals surface area (Å²) in [5, 5.41) is 3.43. The predicted octanol–water partition coefficient (Wildman–Crippen LogP) is 2.97. The molecule has 1 saturated heterocycles. The number of ether oxygens (including phenoxy) is 1. The molecule has 0 aliphatic carbocycles. The highest BCUT2D eigenvalue weighted by Crippen LogP contribution is 2.22. The minimum Gasteiger partial charge on any atom is -0.484 e. The van der Waals surface area contributed by atoms with Crippen LogP contribution in [0.2, 0.25) is 0 Å². The molecule has 3 N–H and O–H groups in total. The quantitative estimate of drug-likeness (QED) is 0.520. The summed E-state index contributed by atoms with van der Waals surface area (Å²) in [6.45, 7) is 5.41. The molecule has 2 aromatic rings. The molecule has 0 atom stereocenters. The van der Waals surface area contributed by atoms with E-state index in [2.05, 4.69) is 47.5 Å². The van der Waals surface area contributed by atoms with Crippen LogP contribution in [0.15, 0.2) is 59.6 Å². The van der Waals surface area contributed by atoms with Crippen molar-refractivity contribution in [3.8, 4) is 5.75 Å². The summed E-state index contributed by atoms with van der Waals surface area (Å²) in [5.41, 5.74) is 7.61. The van der Waals surface area contributed by atoms with Crippen molar-refractivity contribution in [2.45, 2.75) is 32.7 Å². The van der Waals surface area contributed by atoms with Crippen LogP contribution in [0.1, 0.15) is 30.9 Å². The van der Waals surface area contributed by atoms with Gasteiger partial charge in [0, 0.05) is 19.6 Å². The second-order valence-corrected chi connectivity index (χ2v) is 7.69. The number of aliphatic imine (C=N–C) groups is 1.